The number of morpholine rings is 1. The fourth-order valence-corrected chi connectivity index (χ4v) is 3.24. The molecule has 1 amide bonds. The Morgan fingerprint density at radius 2 is 2.24 bits per heavy atom. The molecule has 1 aromatic carbocycles. The second-order valence-electron chi connectivity index (χ2n) is 6.60. The van der Waals surface area contributed by atoms with Crippen LogP contribution in [0.25, 0.3) is 0 Å². The molecule has 0 spiro atoms. The maximum atomic E-state index is 12.8. The number of hydrogen-bond acceptors (Lipinski definition) is 5. The third kappa shape index (κ3) is 3.86. The molecule has 1 atom stereocenters. The first-order valence-corrected chi connectivity index (χ1v) is 8.39. The second kappa shape index (κ2) is 7.29. The third-order valence-electron chi connectivity index (χ3n) is 4.57. The van der Waals surface area contributed by atoms with Gasteiger partial charge in [0.2, 0.25) is 0 Å². The molecule has 132 valence electrons. The van der Waals surface area contributed by atoms with Crippen LogP contribution in [0.2, 0.25) is 0 Å². The van der Waals surface area contributed by atoms with Gasteiger partial charge in [-0.2, -0.15) is 0 Å². The molecule has 0 radical (unpaired) electrons. The van der Waals surface area contributed by atoms with Gasteiger partial charge >= 0.3 is 0 Å². The Labute approximate surface area is 147 Å². The van der Waals surface area contributed by atoms with Crippen LogP contribution in [-0.2, 0) is 11.2 Å². The number of ether oxygens (including phenoxy) is 1. The predicted octanol–water partition coefficient (Wildman–Crippen LogP) is 1.54. The Kier molecular flexibility index (Phi) is 5.11. The fourth-order valence-electron chi connectivity index (χ4n) is 3.24. The van der Waals surface area contributed by atoms with Gasteiger partial charge in [0.1, 0.15) is 11.9 Å². The van der Waals surface area contributed by atoms with E-state index in [1.54, 1.807) is 18.0 Å². The summed E-state index contributed by atoms with van der Waals surface area (Å²) in [7, 11) is 0. The average Bonchev–Trinajstić information content (AvgIpc) is 2.62. The lowest BCUT2D eigenvalue weighted by atomic mass is 9.92. The molecule has 6 nitrogen and oxygen atoms in total. The number of aliphatic hydroxyl groups excluding tert-OH is 1. The number of aliphatic hydroxyl groups is 1. The van der Waals surface area contributed by atoms with Gasteiger partial charge in [0.05, 0.1) is 31.0 Å². The number of amides is 1. The summed E-state index contributed by atoms with van der Waals surface area (Å²) in [5.74, 6) is -0.122. The van der Waals surface area contributed by atoms with E-state index in [9.17, 15) is 9.90 Å². The van der Waals surface area contributed by atoms with Crippen LogP contribution in [0.3, 0.4) is 0 Å². The highest BCUT2D eigenvalue weighted by molar-refractivity contribution is 5.95. The minimum atomic E-state index is -0.786. The van der Waals surface area contributed by atoms with E-state index in [-0.39, 0.29) is 12.5 Å². The van der Waals surface area contributed by atoms with Crippen LogP contribution in [0.4, 0.5) is 0 Å². The molecule has 2 aromatic rings. The van der Waals surface area contributed by atoms with Gasteiger partial charge in [-0.3, -0.25) is 4.79 Å². The van der Waals surface area contributed by atoms with Crippen LogP contribution < -0.4 is 0 Å². The summed E-state index contributed by atoms with van der Waals surface area (Å²) in [5, 5.41) is 10.0. The summed E-state index contributed by atoms with van der Waals surface area (Å²) in [4.78, 5) is 22.6. The average molecular weight is 341 g/mol. The normalized spacial score (nSPS) is 20.5. The van der Waals surface area contributed by atoms with E-state index in [1.165, 1.54) is 6.33 Å². The molecule has 6 heteroatoms. The zero-order chi connectivity index (χ0) is 17.9. The van der Waals surface area contributed by atoms with Crippen molar-refractivity contribution < 1.29 is 14.6 Å². The predicted molar refractivity (Wildman–Crippen MR) is 93.3 cm³/mol. The summed E-state index contributed by atoms with van der Waals surface area (Å²) < 4.78 is 5.93. The second-order valence-corrected chi connectivity index (χ2v) is 6.60. The summed E-state index contributed by atoms with van der Waals surface area (Å²) in [6.07, 6.45) is 3.53. The SMILES string of the molecule is Cc1cccc(CC2(CO)CN(C(=O)c3cncnc3C)CCO2)c1. The number of carbonyl (C=O) groups is 1. The van der Waals surface area contributed by atoms with Crippen molar-refractivity contribution in [3.8, 4) is 0 Å². The smallest absolute Gasteiger partial charge is 0.257 e. The van der Waals surface area contributed by atoms with E-state index in [2.05, 4.69) is 16.0 Å². The molecule has 1 aromatic heterocycles. The Balaban J connectivity index is 1.80. The molecule has 25 heavy (non-hydrogen) atoms. The molecule has 1 aliphatic heterocycles. The van der Waals surface area contributed by atoms with Gasteiger partial charge < -0.3 is 14.7 Å². The van der Waals surface area contributed by atoms with Crippen LogP contribution in [0.15, 0.2) is 36.8 Å². The van der Waals surface area contributed by atoms with E-state index in [4.69, 9.17) is 4.74 Å². The summed E-state index contributed by atoms with van der Waals surface area (Å²) >= 11 is 0. The number of nitrogens with zero attached hydrogens (tertiary/aromatic N) is 3. The zero-order valence-corrected chi connectivity index (χ0v) is 14.6. The first-order chi connectivity index (χ1) is 12.0. The minimum Gasteiger partial charge on any atom is -0.393 e. The van der Waals surface area contributed by atoms with E-state index >= 15 is 0 Å². The van der Waals surface area contributed by atoms with Gasteiger partial charge in [-0.25, -0.2) is 9.97 Å². The molecule has 3 rings (SSSR count). The lowest BCUT2D eigenvalue weighted by Gasteiger charge is -2.42. The van der Waals surface area contributed by atoms with E-state index in [0.717, 1.165) is 11.1 Å². The highest BCUT2D eigenvalue weighted by Crippen LogP contribution is 2.25. The maximum Gasteiger partial charge on any atom is 0.257 e. The van der Waals surface area contributed by atoms with Crippen molar-refractivity contribution in [1.82, 2.24) is 14.9 Å². The third-order valence-corrected chi connectivity index (χ3v) is 4.57. The number of aryl methyl sites for hydroxylation is 2. The van der Waals surface area contributed by atoms with Crippen molar-refractivity contribution in [3.05, 3.63) is 59.2 Å². The summed E-state index contributed by atoms with van der Waals surface area (Å²) in [6.45, 7) is 4.90. The lowest BCUT2D eigenvalue weighted by molar-refractivity contribution is -0.123. The van der Waals surface area contributed by atoms with Crippen LogP contribution in [0.1, 0.15) is 27.2 Å². The van der Waals surface area contributed by atoms with Gasteiger partial charge in [0, 0.05) is 19.2 Å². The topological polar surface area (TPSA) is 75.5 Å². The number of carbonyl (C=O) groups excluding carboxylic acids is 1. The van der Waals surface area contributed by atoms with E-state index in [0.29, 0.717) is 37.4 Å². The Morgan fingerprint density at radius 1 is 1.40 bits per heavy atom. The monoisotopic (exact) mass is 341 g/mol. The Bertz CT molecular complexity index is 765. The summed E-state index contributed by atoms with van der Waals surface area (Å²) in [5.41, 5.74) is 2.60. The van der Waals surface area contributed by atoms with Crippen molar-refractivity contribution in [1.29, 1.82) is 0 Å². The van der Waals surface area contributed by atoms with E-state index in [1.807, 2.05) is 25.1 Å². The van der Waals surface area contributed by atoms with Gasteiger partial charge in [0.25, 0.3) is 5.91 Å². The highest BCUT2D eigenvalue weighted by atomic mass is 16.5. The number of rotatable bonds is 4. The number of aromatic nitrogens is 2. The lowest BCUT2D eigenvalue weighted by Crippen LogP contribution is -2.57. The van der Waals surface area contributed by atoms with Gasteiger partial charge in [-0.1, -0.05) is 29.8 Å². The maximum absolute atomic E-state index is 12.8. The first kappa shape index (κ1) is 17.5. The van der Waals surface area contributed by atoms with Crippen molar-refractivity contribution in [3.63, 3.8) is 0 Å². The molecule has 1 unspecified atom stereocenters. The van der Waals surface area contributed by atoms with Crippen LogP contribution in [0.5, 0.6) is 0 Å². The van der Waals surface area contributed by atoms with Gasteiger partial charge in [-0.15, -0.1) is 0 Å². The van der Waals surface area contributed by atoms with Crippen molar-refractivity contribution in [2.24, 2.45) is 0 Å². The van der Waals surface area contributed by atoms with Crippen molar-refractivity contribution in [2.75, 3.05) is 26.3 Å². The molecule has 1 fully saturated rings. The molecule has 0 saturated carbocycles. The molecule has 1 N–H and O–H groups in total. The molecule has 1 aliphatic rings. The van der Waals surface area contributed by atoms with Gasteiger partial charge in [0.15, 0.2) is 0 Å². The van der Waals surface area contributed by atoms with Crippen molar-refractivity contribution >= 4 is 5.91 Å². The number of benzene rings is 1. The van der Waals surface area contributed by atoms with Crippen molar-refractivity contribution in [2.45, 2.75) is 25.9 Å². The molecule has 1 saturated heterocycles. The highest BCUT2D eigenvalue weighted by Gasteiger charge is 2.38. The molecule has 0 bridgehead atoms. The largest absolute Gasteiger partial charge is 0.393 e. The quantitative estimate of drug-likeness (QED) is 0.913. The van der Waals surface area contributed by atoms with Crippen LogP contribution >= 0.6 is 0 Å². The zero-order valence-electron chi connectivity index (χ0n) is 14.6. The number of hydrogen-bond donors (Lipinski definition) is 1. The molecular formula is C19H23N3O3. The molecule has 0 aliphatic carbocycles. The minimum absolute atomic E-state index is 0.122. The van der Waals surface area contributed by atoms with Crippen LogP contribution in [-0.4, -0.2) is 57.8 Å². The first-order valence-electron chi connectivity index (χ1n) is 8.39. The molecular weight excluding hydrogens is 318 g/mol. The van der Waals surface area contributed by atoms with E-state index < -0.39 is 5.60 Å². The molecule has 2 heterocycles. The van der Waals surface area contributed by atoms with Crippen LogP contribution in [0, 0.1) is 13.8 Å². The fraction of sp³-hybridized carbons (Fsp3) is 0.421. The van der Waals surface area contributed by atoms with Gasteiger partial charge in [-0.05, 0) is 19.4 Å². The standard InChI is InChI=1S/C19H23N3O3/c1-14-4-3-5-16(8-14)9-19(12-23)11-22(6-7-25-19)18(24)17-10-20-13-21-15(17)2/h3-5,8,10,13,23H,6-7,9,11-12H2,1-2H3. The summed E-state index contributed by atoms with van der Waals surface area (Å²) in [6, 6.07) is 8.12. The Morgan fingerprint density at radius 3 is 2.96 bits per heavy atom. The Hall–Kier alpha value is -2.31.